The van der Waals surface area contributed by atoms with Crippen molar-refractivity contribution in [3.8, 4) is 12.3 Å². The van der Waals surface area contributed by atoms with Gasteiger partial charge in [0.25, 0.3) is 0 Å². The third-order valence-electron chi connectivity index (χ3n) is 5.01. The van der Waals surface area contributed by atoms with Crippen LogP contribution in [0.5, 0.6) is 0 Å². The molecule has 1 fully saturated rings. The van der Waals surface area contributed by atoms with Gasteiger partial charge < -0.3 is 15.6 Å². The molecule has 0 aromatic heterocycles. The summed E-state index contributed by atoms with van der Waals surface area (Å²) in [6.45, 7) is 15.8. The number of aliphatic carboxylic acids is 1. The van der Waals surface area contributed by atoms with Crippen LogP contribution >= 0.6 is 0 Å². The lowest BCUT2D eigenvalue weighted by Gasteiger charge is -2.13. The minimum Gasteiger partial charge on any atom is -0.480 e. The number of carbonyl (C=O) groups excluding carboxylic acids is 1. The third kappa shape index (κ3) is 7.52. The summed E-state index contributed by atoms with van der Waals surface area (Å²) in [7, 11) is 0. The zero-order chi connectivity index (χ0) is 22.2. The van der Waals surface area contributed by atoms with E-state index in [-0.39, 0.29) is 29.1 Å². The molecule has 28 heavy (non-hydrogen) atoms. The van der Waals surface area contributed by atoms with Gasteiger partial charge in [-0.3, -0.25) is 9.59 Å². The first kappa shape index (κ1) is 25.9. The molecule has 1 saturated carbocycles. The number of rotatable bonds is 7. The van der Waals surface area contributed by atoms with E-state index in [1.54, 1.807) is 13.8 Å². The van der Waals surface area contributed by atoms with Crippen LogP contribution in [0, 0.1) is 35.5 Å². The Hall–Kier alpha value is -2.06. The number of carbonyl (C=O) groups is 2. The molecule has 5 heteroatoms. The van der Waals surface area contributed by atoms with Crippen LogP contribution in [0.4, 0.5) is 0 Å². The smallest absolute Gasteiger partial charge is 0.320 e. The van der Waals surface area contributed by atoms with E-state index >= 15 is 0 Å². The van der Waals surface area contributed by atoms with Crippen molar-refractivity contribution in [1.82, 2.24) is 0 Å². The van der Waals surface area contributed by atoms with Gasteiger partial charge in [-0.05, 0) is 50.0 Å². The van der Waals surface area contributed by atoms with Gasteiger partial charge in [-0.15, -0.1) is 6.42 Å². The number of carboxylic acid groups (broad SMARTS) is 1. The molecule has 0 aromatic rings. The van der Waals surface area contributed by atoms with Gasteiger partial charge >= 0.3 is 11.9 Å². The van der Waals surface area contributed by atoms with Gasteiger partial charge in [-0.1, -0.05) is 58.3 Å². The Balaban J connectivity index is 0.000000769. The van der Waals surface area contributed by atoms with Crippen molar-refractivity contribution >= 4 is 11.9 Å². The molecule has 0 saturated heterocycles. The molecule has 0 heterocycles. The Morgan fingerprint density at radius 2 is 1.82 bits per heavy atom. The largest absolute Gasteiger partial charge is 0.480 e. The van der Waals surface area contributed by atoms with Crippen molar-refractivity contribution < 1.29 is 19.4 Å². The highest BCUT2D eigenvalue weighted by molar-refractivity contribution is 5.79. The summed E-state index contributed by atoms with van der Waals surface area (Å²) in [5, 5.41) is 8.23. The lowest BCUT2D eigenvalue weighted by molar-refractivity contribution is -0.147. The number of nitrogens with two attached hydrogens (primary N) is 1. The van der Waals surface area contributed by atoms with Gasteiger partial charge in [-0.2, -0.15) is 0 Å². The van der Waals surface area contributed by atoms with Crippen molar-refractivity contribution in [3.05, 3.63) is 23.3 Å². The van der Waals surface area contributed by atoms with Gasteiger partial charge in [-0.25, -0.2) is 0 Å². The molecular formula is C23H37NO4. The molecule has 158 valence electrons. The lowest BCUT2D eigenvalue weighted by Crippen LogP contribution is -2.34. The van der Waals surface area contributed by atoms with E-state index in [0.29, 0.717) is 0 Å². The SMILES string of the molecule is C#CC(OC(=O)[C@@H]1C(C=C(C)C)C1(C)C)/C(C)=C/CC.CC(C)[C@H](N)C(=O)O. The summed E-state index contributed by atoms with van der Waals surface area (Å²) in [4.78, 5) is 22.3. The van der Waals surface area contributed by atoms with E-state index < -0.39 is 18.1 Å². The summed E-state index contributed by atoms with van der Waals surface area (Å²) in [5.41, 5.74) is 7.29. The minimum atomic E-state index is -0.931. The van der Waals surface area contributed by atoms with Crippen LogP contribution in [-0.2, 0) is 14.3 Å². The molecule has 4 atom stereocenters. The van der Waals surface area contributed by atoms with Crippen molar-refractivity contribution in [1.29, 1.82) is 0 Å². The molecule has 1 aliphatic rings. The summed E-state index contributed by atoms with van der Waals surface area (Å²) >= 11 is 0. The number of esters is 1. The Labute approximate surface area is 170 Å². The third-order valence-corrected chi connectivity index (χ3v) is 5.01. The second-order valence-electron chi connectivity index (χ2n) is 8.52. The highest BCUT2D eigenvalue weighted by atomic mass is 16.5. The first-order valence-electron chi connectivity index (χ1n) is 9.77. The van der Waals surface area contributed by atoms with Crippen LogP contribution in [-0.4, -0.2) is 29.2 Å². The highest BCUT2D eigenvalue weighted by Crippen LogP contribution is 2.59. The molecule has 3 N–H and O–H groups in total. The molecule has 5 nitrogen and oxygen atoms in total. The van der Waals surface area contributed by atoms with E-state index in [1.165, 1.54) is 5.57 Å². The fourth-order valence-electron chi connectivity index (χ4n) is 2.96. The molecule has 0 radical (unpaired) electrons. The van der Waals surface area contributed by atoms with Crippen LogP contribution in [0.1, 0.15) is 61.8 Å². The van der Waals surface area contributed by atoms with Gasteiger partial charge in [0.15, 0.2) is 6.10 Å². The van der Waals surface area contributed by atoms with Crippen LogP contribution in [0.2, 0.25) is 0 Å². The maximum absolute atomic E-state index is 12.3. The molecule has 2 unspecified atom stereocenters. The molecule has 1 rings (SSSR count). The van der Waals surface area contributed by atoms with E-state index in [9.17, 15) is 9.59 Å². The number of ether oxygens (including phenoxy) is 1. The van der Waals surface area contributed by atoms with E-state index in [2.05, 4.69) is 39.7 Å². The first-order chi connectivity index (χ1) is 12.8. The number of hydrogen-bond acceptors (Lipinski definition) is 4. The number of carboxylic acids is 1. The summed E-state index contributed by atoms with van der Waals surface area (Å²) in [6.07, 6.45) is 9.99. The zero-order valence-electron chi connectivity index (χ0n) is 18.6. The first-order valence-corrected chi connectivity index (χ1v) is 9.77. The monoisotopic (exact) mass is 391 g/mol. The standard InChI is InChI=1S/C18H26O2.C5H11NO2/c1-8-10-13(5)15(9-2)20-17(19)16-14(11-12(3)4)18(16,6)7;1-3(2)4(6)5(7)8/h2,10-11,14-16H,8H2,1,3-7H3;3-4H,6H2,1-2H3,(H,7,8)/b13-10+;/t14?,15?,16-;4-/m00/s1. The summed E-state index contributed by atoms with van der Waals surface area (Å²) < 4.78 is 5.51. The van der Waals surface area contributed by atoms with Crippen molar-refractivity contribution in [2.45, 2.75) is 74.0 Å². The molecule has 0 amide bonds. The molecule has 0 spiro atoms. The van der Waals surface area contributed by atoms with Crippen LogP contribution in [0.15, 0.2) is 23.3 Å². The highest BCUT2D eigenvalue weighted by Gasteiger charge is 2.61. The Kier molecular flexibility index (Phi) is 10.3. The van der Waals surface area contributed by atoms with E-state index in [1.807, 2.05) is 19.9 Å². The van der Waals surface area contributed by atoms with Crippen molar-refractivity contribution in [2.24, 2.45) is 28.9 Å². The van der Waals surface area contributed by atoms with Crippen molar-refractivity contribution in [3.63, 3.8) is 0 Å². The fourth-order valence-corrected chi connectivity index (χ4v) is 2.96. The zero-order valence-corrected chi connectivity index (χ0v) is 18.6. The maximum atomic E-state index is 12.3. The van der Waals surface area contributed by atoms with Crippen LogP contribution in [0.3, 0.4) is 0 Å². The predicted molar refractivity (Wildman–Crippen MR) is 113 cm³/mol. The normalized spacial score (nSPS) is 22.1. The van der Waals surface area contributed by atoms with Crippen LogP contribution in [0.25, 0.3) is 0 Å². The van der Waals surface area contributed by atoms with E-state index in [0.717, 1.165) is 12.0 Å². The Morgan fingerprint density at radius 3 is 2.14 bits per heavy atom. The van der Waals surface area contributed by atoms with Gasteiger partial charge in [0, 0.05) is 0 Å². The summed E-state index contributed by atoms with van der Waals surface area (Å²) in [5.74, 6) is 1.65. The molecule has 1 aliphatic carbocycles. The quantitative estimate of drug-likeness (QED) is 0.386. The average molecular weight is 392 g/mol. The predicted octanol–water partition coefficient (Wildman–Crippen LogP) is 4.18. The molecular weight excluding hydrogens is 354 g/mol. The average Bonchev–Trinajstić information content (AvgIpc) is 3.11. The molecule has 0 bridgehead atoms. The number of hydrogen-bond donors (Lipinski definition) is 2. The number of terminal acetylenes is 1. The molecule has 0 aromatic carbocycles. The topological polar surface area (TPSA) is 89.6 Å². The van der Waals surface area contributed by atoms with Crippen molar-refractivity contribution in [2.75, 3.05) is 0 Å². The van der Waals surface area contributed by atoms with E-state index in [4.69, 9.17) is 22.0 Å². The van der Waals surface area contributed by atoms with Crippen LogP contribution < -0.4 is 5.73 Å². The Morgan fingerprint density at radius 1 is 1.29 bits per heavy atom. The molecule has 0 aliphatic heterocycles. The minimum absolute atomic E-state index is 0.0208. The second kappa shape index (κ2) is 11.1. The maximum Gasteiger partial charge on any atom is 0.320 e. The Bertz CT molecular complexity index is 648. The number of allylic oxidation sites excluding steroid dienone is 3. The summed E-state index contributed by atoms with van der Waals surface area (Å²) in [6, 6.07) is -0.713. The lowest BCUT2D eigenvalue weighted by atomic mass is 10.1. The van der Waals surface area contributed by atoms with Gasteiger partial charge in [0.1, 0.15) is 6.04 Å². The second-order valence-corrected chi connectivity index (χ2v) is 8.52. The van der Waals surface area contributed by atoms with Gasteiger partial charge in [0.2, 0.25) is 0 Å². The fraction of sp³-hybridized carbons (Fsp3) is 0.652. The van der Waals surface area contributed by atoms with Gasteiger partial charge in [0.05, 0.1) is 5.92 Å².